The van der Waals surface area contributed by atoms with Gasteiger partial charge in [0, 0.05) is 18.4 Å². The molecule has 28 heavy (non-hydrogen) atoms. The summed E-state index contributed by atoms with van der Waals surface area (Å²) in [6.07, 6.45) is -0.822. The van der Waals surface area contributed by atoms with Crippen molar-refractivity contribution in [2.24, 2.45) is 4.99 Å². The van der Waals surface area contributed by atoms with Gasteiger partial charge in [-0.05, 0) is 26.0 Å². The summed E-state index contributed by atoms with van der Waals surface area (Å²) in [6, 6.07) is 4.58. The number of carboxylic acids is 1. The molecule has 0 aromatic heterocycles. The van der Waals surface area contributed by atoms with E-state index in [0.29, 0.717) is 22.3 Å². The second-order valence-corrected chi connectivity index (χ2v) is 6.83. The number of aliphatic carboxylic acids is 1. The third-order valence-electron chi connectivity index (χ3n) is 5.28. The summed E-state index contributed by atoms with van der Waals surface area (Å²) >= 11 is 0. The summed E-state index contributed by atoms with van der Waals surface area (Å²) in [7, 11) is 1.47. The molecule has 10 heteroatoms. The summed E-state index contributed by atoms with van der Waals surface area (Å²) < 4.78 is 14.4. The van der Waals surface area contributed by atoms with Crippen molar-refractivity contribution in [2.75, 3.05) is 18.5 Å². The molecule has 3 aliphatic rings. The molecule has 1 N–H and O–H groups in total. The van der Waals surface area contributed by atoms with Crippen LogP contribution in [0.4, 0.5) is 14.9 Å². The standard InChI is InChI=1S/C18H18FN5O4/c1-9-10(2)24-14-15(21(3)18(28)22(16(14)27)8-13(25)26)20-17(24)23(9)12-7-5-4-6-11(12)19/h4-7,14-15H,8H2,1-3H3,(H,25,26). The summed E-state index contributed by atoms with van der Waals surface area (Å²) in [6.45, 7) is 2.83. The van der Waals surface area contributed by atoms with Crippen molar-refractivity contribution >= 4 is 29.6 Å². The Kier molecular flexibility index (Phi) is 3.88. The fraction of sp³-hybridized carbons (Fsp3) is 0.333. The van der Waals surface area contributed by atoms with Crippen LogP contribution in [0.1, 0.15) is 13.8 Å². The Balaban J connectivity index is 1.79. The van der Waals surface area contributed by atoms with E-state index in [2.05, 4.69) is 4.99 Å². The number of hydrogen-bond acceptors (Lipinski definition) is 6. The number of hydrogen-bond donors (Lipinski definition) is 1. The van der Waals surface area contributed by atoms with Gasteiger partial charge in [0.05, 0.1) is 5.69 Å². The van der Waals surface area contributed by atoms with E-state index >= 15 is 0 Å². The average Bonchev–Trinajstić information content (AvgIpc) is 3.14. The first-order valence-electron chi connectivity index (χ1n) is 8.63. The number of amides is 3. The van der Waals surface area contributed by atoms with Crippen molar-refractivity contribution in [3.63, 3.8) is 0 Å². The number of fused-ring (bicyclic) bond motifs is 3. The van der Waals surface area contributed by atoms with Crippen LogP contribution in [0.3, 0.4) is 0 Å². The van der Waals surface area contributed by atoms with Crippen molar-refractivity contribution in [2.45, 2.75) is 26.1 Å². The van der Waals surface area contributed by atoms with Gasteiger partial charge in [0.15, 0.2) is 12.2 Å². The van der Waals surface area contributed by atoms with Crippen molar-refractivity contribution < 1.29 is 23.9 Å². The van der Waals surface area contributed by atoms with Crippen LogP contribution in [-0.4, -0.2) is 69.5 Å². The Hall–Kier alpha value is -3.43. The minimum Gasteiger partial charge on any atom is -0.480 e. The maximum Gasteiger partial charge on any atom is 0.328 e. The number of aliphatic imine (C=N–C) groups is 1. The first-order valence-corrected chi connectivity index (χ1v) is 8.63. The topological polar surface area (TPSA) is 96.8 Å². The van der Waals surface area contributed by atoms with E-state index in [1.54, 1.807) is 41.8 Å². The lowest BCUT2D eigenvalue weighted by Crippen LogP contribution is -2.65. The normalized spacial score (nSPS) is 24.1. The Bertz CT molecular complexity index is 974. The zero-order chi connectivity index (χ0) is 20.3. The molecule has 1 aromatic carbocycles. The maximum absolute atomic E-state index is 14.4. The van der Waals surface area contributed by atoms with Crippen molar-refractivity contribution in [1.29, 1.82) is 0 Å². The molecule has 0 spiro atoms. The molecule has 1 saturated heterocycles. The van der Waals surface area contributed by atoms with E-state index in [1.807, 2.05) is 0 Å². The van der Waals surface area contributed by atoms with Crippen molar-refractivity contribution in [3.05, 3.63) is 41.5 Å². The number of nitrogens with zero attached hydrogens (tertiary/aromatic N) is 5. The molecule has 2 unspecified atom stereocenters. The summed E-state index contributed by atoms with van der Waals surface area (Å²) in [5.74, 6) is -2.04. The third-order valence-corrected chi connectivity index (χ3v) is 5.28. The van der Waals surface area contributed by atoms with Crippen LogP contribution in [0.15, 0.2) is 40.7 Å². The van der Waals surface area contributed by atoms with Gasteiger partial charge in [-0.3, -0.25) is 24.3 Å². The van der Waals surface area contributed by atoms with Crippen molar-refractivity contribution in [1.82, 2.24) is 14.7 Å². The first kappa shape index (κ1) is 18.0. The van der Waals surface area contributed by atoms with Crippen LogP contribution in [0.25, 0.3) is 0 Å². The molecule has 1 aromatic rings. The number of para-hydroxylation sites is 1. The number of allylic oxidation sites excluding steroid dienone is 2. The van der Waals surface area contributed by atoms with Gasteiger partial charge in [0.1, 0.15) is 12.4 Å². The molecule has 9 nitrogen and oxygen atoms in total. The molecule has 3 aliphatic heterocycles. The lowest BCUT2D eigenvalue weighted by Gasteiger charge is -2.40. The molecule has 1 fully saturated rings. The number of likely N-dealkylation sites (N-methyl/N-ethyl adjacent to an activating group) is 1. The van der Waals surface area contributed by atoms with E-state index in [1.165, 1.54) is 18.0 Å². The van der Waals surface area contributed by atoms with Crippen molar-refractivity contribution in [3.8, 4) is 0 Å². The molecule has 4 rings (SSSR count). The fourth-order valence-corrected chi connectivity index (χ4v) is 3.82. The molecule has 3 heterocycles. The minimum atomic E-state index is -1.29. The number of carboxylic acid groups (broad SMARTS) is 1. The zero-order valence-corrected chi connectivity index (χ0v) is 15.5. The van der Waals surface area contributed by atoms with Gasteiger partial charge in [-0.1, -0.05) is 12.1 Å². The highest BCUT2D eigenvalue weighted by atomic mass is 19.1. The van der Waals surface area contributed by atoms with E-state index < -0.39 is 42.5 Å². The number of carbonyl (C=O) groups is 3. The largest absolute Gasteiger partial charge is 0.480 e. The molecular formula is C18H18FN5O4. The maximum atomic E-state index is 14.4. The predicted octanol–water partition coefficient (Wildman–Crippen LogP) is 1.24. The van der Waals surface area contributed by atoms with E-state index in [-0.39, 0.29) is 5.69 Å². The first-order chi connectivity index (χ1) is 13.2. The molecule has 146 valence electrons. The SMILES string of the molecule is CC1=C(C)N2C(=NC3C2C(=O)N(CC(=O)O)C(=O)N3C)N1c1ccccc1F. The van der Waals surface area contributed by atoms with Gasteiger partial charge >= 0.3 is 12.0 Å². The van der Waals surface area contributed by atoms with Gasteiger partial charge in [0.2, 0.25) is 5.96 Å². The van der Waals surface area contributed by atoms with Crippen LogP contribution in [0.5, 0.6) is 0 Å². The van der Waals surface area contributed by atoms with Crippen LogP contribution in [-0.2, 0) is 9.59 Å². The Labute approximate surface area is 159 Å². The van der Waals surface area contributed by atoms with Gasteiger partial charge in [-0.25, -0.2) is 14.2 Å². The quantitative estimate of drug-likeness (QED) is 0.838. The number of benzene rings is 1. The highest BCUT2D eigenvalue weighted by Crippen LogP contribution is 2.40. The number of rotatable bonds is 3. The van der Waals surface area contributed by atoms with Gasteiger partial charge in [-0.2, -0.15) is 0 Å². The van der Waals surface area contributed by atoms with Crippen LogP contribution < -0.4 is 4.90 Å². The summed E-state index contributed by atoms with van der Waals surface area (Å²) in [4.78, 5) is 46.3. The molecule has 2 atom stereocenters. The summed E-state index contributed by atoms with van der Waals surface area (Å²) in [5.41, 5.74) is 1.66. The number of urea groups is 1. The number of anilines is 1. The number of carbonyl (C=O) groups excluding carboxylic acids is 2. The molecule has 0 aliphatic carbocycles. The van der Waals surface area contributed by atoms with E-state index in [4.69, 9.17) is 5.11 Å². The molecule has 0 saturated carbocycles. The highest BCUT2D eigenvalue weighted by Gasteiger charge is 2.56. The van der Waals surface area contributed by atoms with Gasteiger partial charge in [-0.15, -0.1) is 0 Å². The Morgan fingerprint density at radius 1 is 1.21 bits per heavy atom. The van der Waals surface area contributed by atoms with Crippen LogP contribution in [0, 0.1) is 5.82 Å². The van der Waals surface area contributed by atoms with Crippen LogP contribution in [0.2, 0.25) is 0 Å². The average molecular weight is 387 g/mol. The summed E-state index contributed by atoms with van der Waals surface area (Å²) in [5, 5.41) is 9.06. The molecular weight excluding hydrogens is 369 g/mol. The lowest BCUT2D eigenvalue weighted by atomic mass is 10.1. The highest BCUT2D eigenvalue weighted by molar-refractivity contribution is 6.11. The van der Waals surface area contributed by atoms with E-state index in [9.17, 15) is 18.8 Å². The second-order valence-electron chi connectivity index (χ2n) is 6.83. The monoisotopic (exact) mass is 387 g/mol. The lowest BCUT2D eigenvalue weighted by molar-refractivity contribution is -0.146. The zero-order valence-electron chi connectivity index (χ0n) is 15.5. The minimum absolute atomic E-state index is 0.281. The predicted molar refractivity (Wildman–Crippen MR) is 96.6 cm³/mol. The van der Waals surface area contributed by atoms with Gasteiger partial charge in [0.25, 0.3) is 5.91 Å². The molecule has 0 radical (unpaired) electrons. The molecule has 0 bridgehead atoms. The van der Waals surface area contributed by atoms with E-state index in [0.717, 1.165) is 0 Å². The third kappa shape index (κ3) is 2.30. The van der Waals surface area contributed by atoms with Gasteiger partial charge < -0.3 is 10.0 Å². The number of imide groups is 1. The Morgan fingerprint density at radius 3 is 2.54 bits per heavy atom. The Morgan fingerprint density at radius 2 is 1.89 bits per heavy atom. The smallest absolute Gasteiger partial charge is 0.328 e. The second kappa shape index (κ2) is 6.04. The molecule has 3 amide bonds. The number of halogens is 1. The fourth-order valence-electron chi connectivity index (χ4n) is 3.82. The van der Waals surface area contributed by atoms with Crippen LogP contribution >= 0.6 is 0 Å². The number of guanidine groups is 1.